The van der Waals surface area contributed by atoms with Crippen LogP contribution in [-0.4, -0.2) is 45.9 Å². The zero-order chi connectivity index (χ0) is 26.8. The molecule has 0 bridgehead atoms. The zero-order valence-corrected chi connectivity index (χ0v) is 15.7. The first-order valence-corrected chi connectivity index (χ1v) is 8.10. The van der Waals surface area contributed by atoms with E-state index < -0.39 is 53.4 Å². The van der Waals surface area contributed by atoms with Crippen LogP contribution in [0, 0.1) is 0 Å². The highest BCUT2D eigenvalue weighted by atomic mass is 19.4. The Labute approximate surface area is 177 Å². The second-order valence-corrected chi connectivity index (χ2v) is 6.62. The van der Waals surface area contributed by atoms with Crippen LogP contribution in [0.25, 0.3) is 11.5 Å². The molecule has 0 unspecified atom stereocenters. The maximum atomic E-state index is 14.1. The molecule has 0 fully saturated rings. The first kappa shape index (κ1) is 27.5. The molecule has 0 N–H and O–H groups in total. The van der Waals surface area contributed by atoms with E-state index in [2.05, 4.69) is 14.7 Å². The summed E-state index contributed by atoms with van der Waals surface area (Å²) in [5.74, 6) is -51.3. The summed E-state index contributed by atoms with van der Waals surface area (Å²) in [7, 11) is 1.44. The van der Waals surface area contributed by atoms with Crippen molar-refractivity contribution < 1.29 is 74.9 Å². The fourth-order valence-electron chi connectivity index (χ4n) is 2.22. The van der Waals surface area contributed by atoms with Crippen molar-refractivity contribution in [2.24, 2.45) is 7.05 Å². The second kappa shape index (κ2) is 7.62. The van der Waals surface area contributed by atoms with Gasteiger partial charge >= 0.3 is 41.7 Å². The number of rotatable bonds is 7. The molecule has 0 amide bonds. The molecule has 0 spiro atoms. The molecular formula is C15H7F15N3O+. The SMILES string of the molecule is C[n+]1ccc(-c2nc(C(F)(F)C(F)(F)C(F)(F)C(F)(F)C(F)(F)C(F)(F)C(F)(F)F)no2)cc1. The van der Waals surface area contributed by atoms with E-state index in [0.717, 1.165) is 12.1 Å². The van der Waals surface area contributed by atoms with E-state index in [1.165, 1.54) is 24.0 Å². The third-order valence-corrected chi connectivity index (χ3v) is 4.26. The van der Waals surface area contributed by atoms with Gasteiger partial charge < -0.3 is 4.52 Å². The molecule has 4 nitrogen and oxygen atoms in total. The van der Waals surface area contributed by atoms with Crippen molar-refractivity contribution >= 4 is 0 Å². The molecule has 2 aromatic heterocycles. The maximum Gasteiger partial charge on any atom is 0.460 e. The first-order valence-electron chi connectivity index (χ1n) is 8.10. The Morgan fingerprint density at radius 3 is 1.50 bits per heavy atom. The number of aryl methyl sites for hydroxylation is 1. The predicted octanol–water partition coefficient (Wildman–Crippen LogP) is 5.39. The molecule has 34 heavy (non-hydrogen) atoms. The molecule has 2 aromatic rings. The van der Waals surface area contributed by atoms with E-state index in [1.807, 2.05) is 0 Å². The predicted molar refractivity (Wildman–Crippen MR) is 75.6 cm³/mol. The van der Waals surface area contributed by atoms with Crippen molar-refractivity contribution in [3.05, 3.63) is 30.4 Å². The summed E-state index contributed by atoms with van der Waals surface area (Å²) >= 11 is 0. The third-order valence-electron chi connectivity index (χ3n) is 4.26. The average molecular weight is 530 g/mol. The van der Waals surface area contributed by atoms with Crippen LogP contribution in [0.15, 0.2) is 29.0 Å². The molecule has 0 aliphatic rings. The fraction of sp³-hybridized carbons (Fsp3) is 0.533. The molecule has 0 saturated carbocycles. The summed E-state index contributed by atoms with van der Waals surface area (Å²) in [5, 5.41) is 2.18. The van der Waals surface area contributed by atoms with Gasteiger partial charge in [-0.25, -0.2) is 4.57 Å². The molecule has 0 aromatic carbocycles. The number of nitrogens with zero attached hydrogens (tertiary/aromatic N) is 3. The summed E-state index contributed by atoms with van der Waals surface area (Å²) < 4.78 is 204. The lowest BCUT2D eigenvalue weighted by molar-refractivity contribution is -0.671. The third kappa shape index (κ3) is 3.62. The highest BCUT2D eigenvalue weighted by molar-refractivity contribution is 5.50. The van der Waals surface area contributed by atoms with Crippen LogP contribution in [0.3, 0.4) is 0 Å². The van der Waals surface area contributed by atoms with Gasteiger partial charge in [-0.05, 0) is 0 Å². The Kier molecular flexibility index (Phi) is 6.16. The minimum atomic E-state index is -8.38. The van der Waals surface area contributed by atoms with E-state index in [-0.39, 0.29) is 5.56 Å². The lowest BCUT2D eigenvalue weighted by Gasteiger charge is -2.40. The fourth-order valence-corrected chi connectivity index (χ4v) is 2.22. The molecule has 2 rings (SSSR count). The van der Waals surface area contributed by atoms with Crippen LogP contribution in [0.1, 0.15) is 5.82 Å². The van der Waals surface area contributed by atoms with Crippen molar-refractivity contribution in [2.45, 2.75) is 41.7 Å². The number of alkyl halides is 15. The van der Waals surface area contributed by atoms with Gasteiger partial charge in [-0.3, -0.25) is 0 Å². The van der Waals surface area contributed by atoms with E-state index in [0.29, 0.717) is 0 Å². The number of pyridine rings is 1. The monoisotopic (exact) mass is 530 g/mol. The minimum Gasteiger partial charge on any atom is -0.334 e. The van der Waals surface area contributed by atoms with Gasteiger partial charge in [-0.1, -0.05) is 5.16 Å². The van der Waals surface area contributed by atoms with E-state index in [9.17, 15) is 65.9 Å². The highest BCUT2D eigenvalue weighted by Gasteiger charge is 2.93. The number of hydrogen-bond acceptors (Lipinski definition) is 3. The van der Waals surface area contributed by atoms with Crippen molar-refractivity contribution in [1.82, 2.24) is 10.1 Å². The molecule has 0 radical (unpaired) electrons. The van der Waals surface area contributed by atoms with E-state index in [4.69, 9.17) is 0 Å². The van der Waals surface area contributed by atoms with Crippen LogP contribution < -0.4 is 4.57 Å². The summed E-state index contributed by atoms with van der Waals surface area (Å²) in [6.45, 7) is 0. The normalized spacial score (nSPS) is 15.1. The number of halogens is 15. The molecular weight excluding hydrogens is 523 g/mol. The van der Waals surface area contributed by atoms with Crippen LogP contribution in [0.4, 0.5) is 65.9 Å². The quantitative estimate of drug-likeness (QED) is 0.356. The first-order chi connectivity index (χ1) is 15.0. The van der Waals surface area contributed by atoms with Crippen molar-refractivity contribution in [1.29, 1.82) is 0 Å². The molecule has 0 aliphatic carbocycles. The Morgan fingerprint density at radius 2 is 1.06 bits per heavy atom. The van der Waals surface area contributed by atoms with Gasteiger partial charge in [0.25, 0.3) is 5.89 Å². The van der Waals surface area contributed by atoms with Crippen molar-refractivity contribution in [3.8, 4) is 11.5 Å². The molecule has 0 atom stereocenters. The maximum absolute atomic E-state index is 14.1. The van der Waals surface area contributed by atoms with Gasteiger partial charge in [0.2, 0.25) is 5.82 Å². The summed E-state index contributed by atoms with van der Waals surface area (Å²) in [6.07, 6.45) is -5.27. The van der Waals surface area contributed by atoms with Crippen molar-refractivity contribution in [3.63, 3.8) is 0 Å². The van der Waals surface area contributed by atoms with E-state index >= 15 is 0 Å². The van der Waals surface area contributed by atoms with Crippen LogP contribution in [-0.2, 0) is 13.0 Å². The van der Waals surface area contributed by atoms with Gasteiger partial charge in [0, 0.05) is 12.1 Å². The van der Waals surface area contributed by atoms with E-state index in [1.54, 1.807) is 0 Å². The summed E-state index contributed by atoms with van der Waals surface area (Å²) in [6, 6.07) is 2.05. The van der Waals surface area contributed by atoms with Gasteiger partial charge in [-0.15, -0.1) is 0 Å². The molecule has 0 aliphatic heterocycles. The lowest BCUT2D eigenvalue weighted by Crippen LogP contribution is -2.72. The van der Waals surface area contributed by atoms with Gasteiger partial charge in [0.05, 0.1) is 5.56 Å². The largest absolute Gasteiger partial charge is 0.460 e. The number of aromatic nitrogens is 3. The number of hydrogen-bond donors (Lipinski definition) is 0. The zero-order valence-electron chi connectivity index (χ0n) is 15.7. The minimum absolute atomic E-state index is 0.315. The lowest BCUT2D eigenvalue weighted by atomic mass is 9.91. The van der Waals surface area contributed by atoms with Gasteiger partial charge in [0.1, 0.15) is 7.05 Å². The summed E-state index contributed by atoms with van der Waals surface area (Å²) in [4.78, 5) is 2.58. The Morgan fingerprint density at radius 1 is 0.647 bits per heavy atom. The molecule has 192 valence electrons. The second-order valence-electron chi connectivity index (χ2n) is 6.62. The Balaban J connectivity index is 2.57. The Hall–Kier alpha value is -2.76. The molecule has 19 heteroatoms. The summed E-state index contributed by atoms with van der Waals surface area (Å²) in [5.41, 5.74) is -0.315. The highest BCUT2D eigenvalue weighted by Crippen LogP contribution is 2.63. The average Bonchev–Trinajstić information content (AvgIpc) is 3.17. The topological polar surface area (TPSA) is 42.8 Å². The molecule has 0 saturated heterocycles. The smallest absolute Gasteiger partial charge is 0.334 e. The standard InChI is InChI=1S/C15H7F15N3O/c1-33-4-2-6(3-5-33)7-31-8(32-34-7)9(16,17)10(18,19)11(20,21)12(22,23)13(24,25)14(26,27)15(28,29)30/h2-5H,1H3/q+1. The van der Waals surface area contributed by atoms with Crippen LogP contribution in [0.5, 0.6) is 0 Å². The van der Waals surface area contributed by atoms with Crippen LogP contribution >= 0.6 is 0 Å². The van der Waals surface area contributed by atoms with Gasteiger partial charge in [0.15, 0.2) is 12.4 Å². The van der Waals surface area contributed by atoms with Gasteiger partial charge in [-0.2, -0.15) is 70.8 Å². The van der Waals surface area contributed by atoms with Crippen molar-refractivity contribution in [2.75, 3.05) is 0 Å². The molecule has 2 heterocycles. The van der Waals surface area contributed by atoms with Crippen LogP contribution in [0.2, 0.25) is 0 Å². The Bertz CT molecular complexity index is 1030.